The van der Waals surface area contributed by atoms with Crippen LogP contribution in [0, 0.1) is 27.7 Å². The van der Waals surface area contributed by atoms with Crippen molar-refractivity contribution in [1.82, 2.24) is 0 Å². The van der Waals surface area contributed by atoms with Crippen molar-refractivity contribution < 1.29 is 14.3 Å². The topological polar surface area (TPSA) is 35.5 Å². The zero-order valence-corrected chi connectivity index (χ0v) is 12.3. The van der Waals surface area contributed by atoms with Crippen molar-refractivity contribution in [2.45, 2.75) is 47.6 Å². The van der Waals surface area contributed by atoms with E-state index in [-0.39, 0.29) is 12.1 Å². The number of carbonyl (C=O) groups excluding carboxylic acids is 1. The molecule has 0 saturated carbocycles. The molecule has 0 saturated heterocycles. The summed E-state index contributed by atoms with van der Waals surface area (Å²) in [5.41, 5.74) is 4.52. The molecule has 0 aromatic heterocycles. The third-order valence-electron chi connectivity index (χ3n) is 3.31. The van der Waals surface area contributed by atoms with Crippen LogP contribution in [0.4, 0.5) is 0 Å². The van der Waals surface area contributed by atoms with Crippen molar-refractivity contribution in [2.24, 2.45) is 0 Å². The number of ether oxygens (including phenoxy) is 2. The Bertz CT molecular complexity index is 444. The highest BCUT2D eigenvalue weighted by atomic mass is 16.5. The molecule has 1 aromatic carbocycles. The summed E-state index contributed by atoms with van der Waals surface area (Å²) in [4.78, 5) is 12.1. The average molecular weight is 250 g/mol. The van der Waals surface area contributed by atoms with E-state index in [2.05, 4.69) is 0 Å². The molecule has 0 N–H and O–H groups in total. The van der Waals surface area contributed by atoms with Gasteiger partial charge in [0.2, 0.25) is 0 Å². The second-order valence-electron chi connectivity index (χ2n) is 4.86. The Morgan fingerprint density at radius 3 is 1.72 bits per heavy atom. The van der Waals surface area contributed by atoms with Crippen molar-refractivity contribution in [3.05, 3.63) is 27.8 Å². The summed E-state index contributed by atoms with van der Waals surface area (Å²) in [7, 11) is 1.65. The minimum absolute atomic E-state index is 0.112. The van der Waals surface area contributed by atoms with Crippen LogP contribution in [0.5, 0.6) is 5.75 Å². The zero-order chi connectivity index (χ0) is 14.0. The lowest BCUT2D eigenvalue weighted by atomic mass is 9.93. The summed E-state index contributed by atoms with van der Waals surface area (Å²) in [6.07, 6.45) is -0.112. The van der Waals surface area contributed by atoms with Gasteiger partial charge in [0, 0.05) is 0 Å². The Morgan fingerprint density at radius 1 is 0.944 bits per heavy atom. The molecule has 18 heavy (non-hydrogen) atoms. The van der Waals surface area contributed by atoms with Crippen LogP contribution in [-0.4, -0.2) is 19.2 Å². The number of benzene rings is 1. The maximum Gasteiger partial charge on any atom is 0.338 e. The van der Waals surface area contributed by atoms with Gasteiger partial charge in [0.1, 0.15) is 5.75 Å². The number of hydrogen-bond acceptors (Lipinski definition) is 3. The second kappa shape index (κ2) is 5.42. The highest BCUT2D eigenvalue weighted by molar-refractivity contribution is 5.94. The van der Waals surface area contributed by atoms with Gasteiger partial charge in [-0.2, -0.15) is 0 Å². The monoisotopic (exact) mass is 250 g/mol. The molecular weight excluding hydrogens is 228 g/mol. The van der Waals surface area contributed by atoms with Crippen LogP contribution in [-0.2, 0) is 4.74 Å². The summed E-state index contributed by atoms with van der Waals surface area (Å²) >= 11 is 0. The van der Waals surface area contributed by atoms with Crippen LogP contribution >= 0.6 is 0 Å². The van der Waals surface area contributed by atoms with E-state index in [1.54, 1.807) is 7.11 Å². The van der Waals surface area contributed by atoms with E-state index in [9.17, 15) is 4.79 Å². The molecule has 0 atom stereocenters. The molecule has 1 aromatic rings. The summed E-state index contributed by atoms with van der Waals surface area (Å²) in [6, 6.07) is 0. The molecule has 0 radical (unpaired) electrons. The molecule has 0 aliphatic heterocycles. The van der Waals surface area contributed by atoms with Gasteiger partial charge in [0.25, 0.3) is 0 Å². The molecule has 3 nitrogen and oxygen atoms in total. The second-order valence-corrected chi connectivity index (χ2v) is 4.86. The number of hydrogen-bond donors (Lipinski definition) is 0. The van der Waals surface area contributed by atoms with E-state index in [0.29, 0.717) is 5.56 Å². The van der Waals surface area contributed by atoms with Crippen LogP contribution in [0.1, 0.15) is 46.5 Å². The third-order valence-corrected chi connectivity index (χ3v) is 3.31. The van der Waals surface area contributed by atoms with Gasteiger partial charge in [-0.05, 0) is 63.8 Å². The standard InChI is InChI=1S/C15H22O3/c1-8(2)18-15(16)13-9(3)11(5)14(17-7)12(6)10(13)4/h8H,1-7H3. The minimum atomic E-state index is -0.256. The molecule has 100 valence electrons. The van der Waals surface area contributed by atoms with Gasteiger partial charge >= 0.3 is 5.97 Å². The van der Waals surface area contributed by atoms with E-state index in [0.717, 1.165) is 28.0 Å². The largest absolute Gasteiger partial charge is 0.496 e. The predicted molar refractivity (Wildman–Crippen MR) is 72.5 cm³/mol. The lowest BCUT2D eigenvalue weighted by molar-refractivity contribution is 0.0376. The number of esters is 1. The smallest absolute Gasteiger partial charge is 0.338 e. The Morgan fingerprint density at radius 2 is 1.39 bits per heavy atom. The lowest BCUT2D eigenvalue weighted by Gasteiger charge is -2.19. The van der Waals surface area contributed by atoms with Crippen molar-refractivity contribution in [3.8, 4) is 5.75 Å². The van der Waals surface area contributed by atoms with Crippen LogP contribution in [0.3, 0.4) is 0 Å². The molecule has 3 heteroatoms. The summed E-state index contributed by atoms with van der Waals surface area (Å²) in [5.74, 6) is 0.597. The SMILES string of the molecule is COc1c(C)c(C)c(C(=O)OC(C)C)c(C)c1C. The molecule has 0 aliphatic carbocycles. The van der Waals surface area contributed by atoms with Crippen LogP contribution in [0.25, 0.3) is 0 Å². The molecule has 0 bridgehead atoms. The molecular formula is C15H22O3. The van der Waals surface area contributed by atoms with Crippen molar-refractivity contribution in [3.63, 3.8) is 0 Å². The molecule has 0 spiro atoms. The van der Waals surface area contributed by atoms with E-state index in [4.69, 9.17) is 9.47 Å². The Kier molecular flexibility index (Phi) is 4.38. The first-order chi connectivity index (χ1) is 8.31. The number of rotatable bonds is 3. The fraction of sp³-hybridized carbons (Fsp3) is 0.533. The van der Waals surface area contributed by atoms with E-state index >= 15 is 0 Å². The first-order valence-electron chi connectivity index (χ1n) is 6.16. The summed E-state index contributed by atoms with van der Waals surface area (Å²) < 4.78 is 10.7. The number of methoxy groups -OCH3 is 1. The molecule has 0 fully saturated rings. The van der Waals surface area contributed by atoms with Gasteiger partial charge < -0.3 is 9.47 Å². The van der Waals surface area contributed by atoms with Crippen LogP contribution < -0.4 is 4.74 Å². The highest BCUT2D eigenvalue weighted by Crippen LogP contribution is 2.32. The Balaban J connectivity index is 3.42. The van der Waals surface area contributed by atoms with Gasteiger partial charge in [0.05, 0.1) is 18.8 Å². The zero-order valence-electron chi connectivity index (χ0n) is 12.3. The highest BCUT2D eigenvalue weighted by Gasteiger charge is 2.21. The maximum atomic E-state index is 12.1. The van der Waals surface area contributed by atoms with E-state index < -0.39 is 0 Å². The van der Waals surface area contributed by atoms with Gasteiger partial charge in [0.15, 0.2) is 0 Å². The van der Waals surface area contributed by atoms with E-state index in [1.807, 2.05) is 41.5 Å². The molecule has 1 rings (SSSR count). The first-order valence-corrected chi connectivity index (χ1v) is 6.16. The normalized spacial score (nSPS) is 10.7. The fourth-order valence-electron chi connectivity index (χ4n) is 2.16. The molecule has 0 aliphatic rings. The minimum Gasteiger partial charge on any atom is -0.496 e. The van der Waals surface area contributed by atoms with Gasteiger partial charge in [-0.15, -0.1) is 0 Å². The lowest BCUT2D eigenvalue weighted by Crippen LogP contribution is -2.16. The number of carbonyl (C=O) groups is 1. The van der Waals surface area contributed by atoms with Gasteiger partial charge in [-0.25, -0.2) is 4.79 Å². The predicted octanol–water partition coefficient (Wildman–Crippen LogP) is 3.49. The Hall–Kier alpha value is -1.51. The van der Waals surface area contributed by atoms with Crippen molar-refractivity contribution in [2.75, 3.05) is 7.11 Å². The van der Waals surface area contributed by atoms with E-state index in [1.165, 1.54) is 0 Å². The first kappa shape index (κ1) is 14.6. The fourth-order valence-corrected chi connectivity index (χ4v) is 2.16. The van der Waals surface area contributed by atoms with Crippen molar-refractivity contribution >= 4 is 5.97 Å². The average Bonchev–Trinajstić information content (AvgIpc) is 2.26. The van der Waals surface area contributed by atoms with Crippen LogP contribution in [0.15, 0.2) is 0 Å². The maximum absolute atomic E-state index is 12.1. The quantitative estimate of drug-likeness (QED) is 0.770. The van der Waals surface area contributed by atoms with Crippen molar-refractivity contribution in [1.29, 1.82) is 0 Å². The Labute approximate surface area is 109 Å². The summed E-state index contributed by atoms with van der Waals surface area (Å²) in [5, 5.41) is 0. The van der Waals surface area contributed by atoms with Crippen LogP contribution in [0.2, 0.25) is 0 Å². The molecule has 0 unspecified atom stereocenters. The molecule has 0 amide bonds. The molecule has 0 heterocycles. The summed E-state index contributed by atoms with van der Waals surface area (Å²) in [6.45, 7) is 11.5. The van der Waals surface area contributed by atoms with Gasteiger partial charge in [-0.1, -0.05) is 0 Å². The van der Waals surface area contributed by atoms with Gasteiger partial charge in [-0.3, -0.25) is 0 Å². The third kappa shape index (κ3) is 2.50.